The number of carbonyl (C=O) groups is 1. The minimum absolute atomic E-state index is 0.105. The highest BCUT2D eigenvalue weighted by Gasteiger charge is 2.14. The van der Waals surface area contributed by atoms with Crippen molar-refractivity contribution in [3.63, 3.8) is 0 Å². The Labute approximate surface area is 111 Å². The molecule has 0 aromatic rings. The summed E-state index contributed by atoms with van der Waals surface area (Å²) < 4.78 is 5.70. The summed E-state index contributed by atoms with van der Waals surface area (Å²) in [6, 6.07) is 0. The molecular weight excluding hydrogens is 228 g/mol. The lowest BCUT2D eigenvalue weighted by Crippen LogP contribution is -2.33. The quantitative estimate of drug-likeness (QED) is 0.760. The zero-order chi connectivity index (χ0) is 13.4. The Bertz CT molecular complexity index is 243. The molecule has 1 aliphatic heterocycles. The zero-order valence-corrected chi connectivity index (χ0v) is 12.1. The van der Waals surface area contributed by atoms with Crippen LogP contribution >= 0.6 is 0 Å². The van der Waals surface area contributed by atoms with Gasteiger partial charge < -0.3 is 15.4 Å². The average molecular weight is 256 g/mol. The summed E-state index contributed by atoms with van der Waals surface area (Å²) in [5.74, 6) is 0.105. The predicted molar refractivity (Wildman–Crippen MR) is 73.5 cm³/mol. The van der Waals surface area contributed by atoms with Gasteiger partial charge in [-0.1, -0.05) is 20.8 Å². The van der Waals surface area contributed by atoms with E-state index in [1.54, 1.807) is 0 Å². The predicted octanol–water partition coefficient (Wildman–Crippen LogP) is 1.70. The molecule has 18 heavy (non-hydrogen) atoms. The second-order valence-corrected chi connectivity index (χ2v) is 6.23. The van der Waals surface area contributed by atoms with Crippen molar-refractivity contribution in [2.24, 2.45) is 5.41 Å². The molecule has 1 heterocycles. The van der Waals surface area contributed by atoms with E-state index in [9.17, 15) is 4.79 Å². The van der Waals surface area contributed by atoms with Gasteiger partial charge in [-0.2, -0.15) is 0 Å². The summed E-state index contributed by atoms with van der Waals surface area (Å²) in [7, 11) is 0. The summed E-state index contributed by atoms with van der Waals surface area (Å²) in [6.07, 6.45) is 3.95. The molecule has 4 nitrogen and oxygen atoms in total. The Hall–Kier alpha value is -0.610. The first kappa shape index (κ1) is 15.4. The number of rotatable bonds is 6. The van der Waals surface area contributed by atoms with Gasteiger partial charge in [0, 0.05) is 13.0 Å². The van der Waals surface area contributed by atoms with E-state index in [4.69, 9.17) is 4.74 Å². The Morgan fingerprint density at radius 1 is 1.33 bits per heavy atom. The molecule has 0 radical (unpaired) electrons. The molecule has 1 saturated heterocycles. The molecular formula is C14H28N2O2. The summed E-state index contributed by atoms with van der Waals surface area (Å²) >= 11 is 0. The molecule has 1 rings (SSSR count). The lowest BCUT2D eigenvalue weighted by atomic mass is 9.92. The van der Waals surface area contributed by atoms with Crippen molar-refractivity contribution in [2.45, 2.75) is 52.6 Å². The van der Waals surface area contributed by atoms with Gasteiger partial charge in [0.2, 0.25) is 5.91 Å². The van der Waals surface area contributed by atoms with Crippen LogP contribution in [0.25, 0.3) is 0 Å². The first-order valence-electron chi connectivity index (χ1n) is 7.06. The van der Waals surface area contributed by atoms with Crippen molar-refractivity contribution < 1.29 is 9.53 Å². The van der Waals surface area contributed by atoms with E-state index >= 15 is 0 Å². The van der Waals surface area contributed by atoms with Crippen LogP contribution in [0.4, 0.5) is 0 Å². The van der Waals surface area contributed by atoms with Gasteiger partial charge in [-0.3, -0.25) is 4.79 Å². The van der Waals surface area contributed by atoms with Gasteiger partial charge in [0.05, 0.1) is 12.7 Å². The molecule has 1 amide bonds. The second kappa shape index (κ2) is 7.74. The fraction of sp³-hybridized carbons (Fsp3) is 0.929. The molecule has 0 aliphatic carbocycles. The van der Waals surface area contributed by atoms with Crippen LogP contribution in [-0.2, 0) is 9.53 Å². The summed E-state index contributed by atoms with van der Waals surface area (Å²) in [6.45, 7) is 9.91. The van der Waals surface area contributed by atoms with Crippen molar-refractivity contribution >= 4 is 5.91 Å². The van der Waals surface area contributed by atoms with Crippen molar-refractivity contribution in [3.05, 3.63) is 0 Å². The van der Waals surface area contributed by atoms with Crippen LogP contribution in [0.1, 0.15) is 46.5 Å². The summed E-state index contributed by atoms with van der Waals surface area (Å²) in [5, 5.41) is 6.24. The van der Waals surface area contributed by atoms with E-state index in [0.29, 0.717) is 19.1 Å². The maximum atomic E-state index is 11.6. The third-order valence-electron chi connectivity index (χ3n) is 3.17. The van der Waals surface area contributed by atoms with Crippen LogP contribution in [0, 0.1) is 5.41 Å². The van der Waals surface area contributed by atoms with E-state index in [-0.39, 0.29) is 11.3 Å². The molecule has 0 saturated carbocycles. The maximum absolute atomic E-state index is 11.6. The number of piperidine rings is 1. The third-order valence-corrected chi connectivity index (χ3v) is 3.17. The largest absolute Gasteiger partial charge is 0.378 e. The fourth-order valence-electron chi connectivity index (χ4n) is 1.95. The highest BCUT2D eigenvalue weighted by molar-refractivity contribution is 5.75. The van der Waals surface area contributed by atoms with Gasteiger partial charge in [0.25, 0.3) is 0 Å². The fourth-order valence-corrected chi connectivity index (χ4v) is 1.95. The Morgan fingerprint density at radius 2 is 2.00 bits per heavy atom. The van der Waals surface area contributed by atoms with Crippen LogP contribution in [0.5, 0.6) is 0 Å². The Balaban J connectivity index is 1.99. The van der Waals surface area contributed by atoms with E-state index in [1.807, 2.05) is 0 Å². The van der Waals surface area contributed by atoms with Crippen molar-refractivity contribution in [1.29, 1.82) is 0 Å². The average Bonchev–Trinajstić information content (AvgIpc) is 2.28. The molecule has 0 aromatic carbocycles. The van der Waals surface area contributed by atoms with Gasteiger partial charge >= 0.3 is 0 Å². The molecule has 0 aromatic heterocycles. The molecule has 0 atom stereocenters. The molecule has 0 bridgehead atoms. The first-order valence-corrected chi connectivity index (χ1v) is 7.06. The topological polar surface area (TPSA) is 50.4 Å². The maximum Gasteiger partial charge on any atom is 0.222 e. The third kappa shape index (κ3) is 7.67. The summed E-state index contributed by atoms with van der Waals surface area (Å²) in [5.41, 5.74) is 0.277. The SMILES string of the molecule is CC(C)(C)CCNC(=O)CCOC1CCNCC1. The number of amides is 1. The van der Waals surface area contributed by atoms with Crippen LogP contribution in [0.15, 0.2) is 0 Å². The van der Waals surface area contributed by atoms with E-state index in [0.717, 1.165) is 38.9 Å². The van der Waals surface area contributed by atoms with Crippen molar-refractivity contribution in [2.75, 3.05) is 26.2 Å². The minimum Gasteiger partial charge on any atom is -0.378 e. The molecule has 0 spiro atoms. The number of nitrogens with one attached hydrogen (secondary N) is 2. The smallest absolute Gasteiger partial charge is 0.222 e. The standard InChI is InChI=1S/C14H28N2O2/c1-14(2,3)7-10-16-13(17)6-11-18-12-4-8-15-9-5-12/h12,15H,4-11H2,1-3H3,(H,16,17). The molecule has 1 fully saturated rings. The minimum atomic E-state index is 0.105. The van der Waals surface area contributed by atoms with Gasteiger partial charge in [-0.15, -0.1) is 0 Å². The van der Waals surface area contributed by atoms with Gasteiger partial charge in [0.1, 0.15) is 0 Å². The molecule has 1 aliphatic rings. The summed E-state index contributed by atoms with van der Waals surface area (Å²) in [4.78, 5) is 11.6. The van der Waals surface area contributed by atoms with E-state index < -0.39 is 0 Å². The van der Waals surface area contributed by atoms with Gasteiger partial charge in [-0.25, -0.2) is 0 Å². The lowest BCUT2D eigenvalue weighted by molar-refractivity contribution is -0.122. The molecule has 106 valence electrons. The van der Waals surface area contributed by atoms with Crippen LogP contribution in [0.2, 0.25) is 0 Å². The van der Waals surface area contributed by atoms with Crippen LogP contribution in [-0.4, -0.2) is 38.3 Å². The van der Waals surface area contributed by atoms with Crippen LogP contribution < -0.4 is 10.6 Å². The molecule has 0 unspecified atom stereocenters. The zero-order valence-electron chi connectivity index (χ0n) is 12.1. The monoisotopic (exact) mass is 256 g/mol. The highest BCUT2D eigenvalue weighted by Crippen LogP contribution is 2.16. The highest BCUT2D eigenvalue weighted by atomic mass is 16.5. The number of hydrogen-bond acceptors (Lipinski definition) is 3. The van der Waals surface area contributed by atoms with Crippen molar-refractivity contribution in [3.8, 4) is 0 Å². The molecule has 2 N–H and O–H groups in total. The lowest BCUT2D eigenvalue weighted by Gasteiger charge is -2.23. The number of carbonyl (C=O) groups excluding carboxylic acids is 1. The normalized spacial score (nSPS) is 17.7. The number of ether oxygens (including phenoxy) is 1. The second-order valence-electron chi connectivity index (χ2n) is 6.23. The van der Waals surface area contributed by atoms with E-state index in [2.05, 4.69) is 31.4 Å². The van der Waals surface area contributed by atoms with Gasteiger partial charge in [-0.05, 0) is 37.8 Å². The van der Waals surface area contributed by atoms with Crippen molar-refractivity contribution in [1.82, 2.24) is 10.6 Å². The molecule has 4 heteroatoms. The first-order chi connectivity index (χ1) is 8.47. The Kier molecular flexibility index (Phi) is 6.65. The Morgan fingerprint density at radius 3 is 2.61 bits per heavy atom. The van der Waals surface area contributed by atoms with Gasteiger partial charge in [0.15, 0.2) is 0 Å². The van der Waals surface area contributed by atoms with E-state index in [1.165, 1.54) is 0 Å². The number of hydrogen-bond donors (Lipinski definition) is 2. The van der Waals surface area contributed by atoms with Crippen LogP contribution in [0.3, 0.4) is 0 Å².